The number of nitrogens with two attached hydrogens (primary N) is 1. The zero-order valence-corrected chi connectivity index (χ0v) is 7.91. The number of anilines is 1. The van der Waals surface area contributed by atoms with Gasteiger partial charge in [-0.15, -0.1) is 0 Å². The maximum absolute atomic E-state index is 12.9. The second-order valence-electron chi connectivity index (χ2n) is 3.97. The Balaban J connectivity index is 2.15. The molecule has 1 aromatic carbocycles. The largest absolute Gasteiger partial charge is 0.398 e. The average molecular weight is 195 g/mol. The van der Waals surface area contributed by atoms with Crippen LogP contribution in [0.25, 0.3) is 0 Å². The summed E-state index contributed by atoms with van der Waals surface area (Å²) in [5.74, 6) is 0.261. The molecule has 0 bridgehead atoms. The van der Waals surface area contributed by atoms with Crippen molar-refractivity contribution >= 4 is 5.69 Å². The molecule has 1 aliphatic rings. The molecule has 0 amide bonds. The molecule has 1 aliphatic carbocycles. The molecule has 0 heterocycles. The third-order valence-corrected chi connectivity index (χ3v) is 2.66. The van der Waals surface area contributed by atoms with Crippen molar-refractivity contribution in [3.63, 3.8) is 0 Å². The first-order valence-electron chi connectivity index (χ1n) is 4.90. The molecule has 2 rings (SSSR count). The first-order valence-corrected chi connectivity index (χ1v) is 4.90. The van der Waals surface area contributed by atoms with Gasteiger partial charge in [-0.25, -0.2) is 4.39 Å². The van der Waals surface area contributed by atoms with Gasteiger partial charge in [0.1, 0.15) is 5.82 Å². The minimum atomic E-state index is -0.613. The van der Waals surface area contributed by atoms with Crippen LogP contribution in [-0.2, 0) is 0 Å². The molecule has 76 valence electrons. The van der Waals surface area contributed by atoms with Gasteiger partial charge in [0.25, 0.3) is 0 Å². The molecule has 3 N–H and O–H groups in total. The van der Waals surface area contributed by atoms with Gasteiger partial charge in [-0.2, -0.15) is 0 Å². The van der Waals surface area contributed by atoms with Crippen molar-refractivity contribution in [3.8, 4) is 0 Å². The zero-order valence-electron chi connectivity index (χ0n) is 7.91. The minimum Gasteiger partial charge on any atom is -0.398 e. The molecular formula is C11H14FNO. The minimum absolute atomic E-state index is 0.343. The van der Waals surface area contributed by atoms with Crippen LogP contribution < -0.4 is 5.73 Å². The predicted molar refractivity (Wildman–Crippen MR) is 53.1 cm³/mol. The van der Waals surface area contributed by atoms with Gasteiger partial charge in [0.05, 0.1) is 6.10 Å². The molecular weight excluding hydrogens is 181 g/mol. The Morgan fingerprint density at radius 3 is 2.86 bits per heavy atom. The van der Waals surface area contributed by atoms with Crippen LogP contribution in [0, 0.1) is 11.7 Å². The van der Waals surface area contributed by atoms with Crippen molar-refractivity contribution in [2.45, 2.75) is 25.4 Å². The smallest absolute Gasteiger partial charge is 0.123 e. The van der Waals surface area contributed by atoms with Crippen LogP contribution in [0.15, 0.2) is 18.2 Å². The van der Waals surface area contributed by atoms with Gasteiger partial charge in [0.15, 0.2) is 0 Å². The van der Waals surface area contributed by atoms with Gasteiger partial charge in [-0.3, -0.25) is 0 Å². The van der Waals surface area contributed by atoms with E-state index in [1.54, 1.807) is 0 Å². The monoisotopic (exact) mass is 195 g/mol. The van der Waals surface area contributed by atoms with Gasteiger partial charge in [-0.05, 0) is 30.5 Å². The van der Waals surface area contributed by atoms with Crippen LogP contribution in [0.2, 0.25) is 0 Å². The highest BCUT2D eigenvalue weighted by atomic mass is 19.1. The number of hydrogen-bond donors (Lipinski definition) is 2. The van der Waals surface area contributed by atoms with Gasteiger partial charge < -0.3 is 10.8 Å². The summed E-state index contributed by atoms with van der Waals surface area (Å²) in [5.41, 5.74) is 6.66. The van der Waals surface area contributed by atoms with Crippen molar-refractivity contribution in [2.24, 2.45) is 5.92 Å². The summed E-state index contributed by atoms with van der Waals surface area (Å²) in [6, 6.07) is 4.13. The van der Waals surface area contributed by atoms with Crippen LogP contribution in [0.5, 0.6) is 0 Å². The quantitative estimate of drug-likeness (QED) is 0.726. The van der Waals surface area contributed by atoms with E-state index in [1.807, 2.05) is 0 Å². The number of benzene rings is 1. The van der Waals surface area contributed by atoms with Gasteiger partial charge in [-0.1, -0.05) is 12.8 Å². The van der Waals surface area contributed by atoms with E-state index in [1.165, 1.54) is 31.0 Å². The van der Waals surface area contributed by atoms with E-state index >= 15 is 0 Å². The summed E-state index contributed by atoms with van der Waals surface area (Å²) in [6.07, 6.45) is 2.44. The fourth-order valence-electron chi connectivity index (χ4n) is 1.63. The van der Waals surface area contributed by atoms with Crippen LogP contribution in [0.4, 0.5) is 10.1 Å². The Labute approximate surface area is 82.5 Å². The zero-order chi connectivity index (χ0) is 10.1. The standard InChI is InChI=1S/C11H14FNO/c12-8-3-4-10(13)9(6-8)11(14)5-7-1-2-7/h3-4,6-7,11,14H,1-2,5,13H2. The van der Waals surface area contributed by atoms with E-state index in [2.05, 4.69) is 0 Å². The third-order valence-electron chi connectivity index (χ3n) is 2.66. The van der Waals surface area contributed by atoms with Crippen LogP contribution >= 0.6 is 0 Å². The van der Waals surface area contributed by atoms with Crippen LogP contribution in [0.3, 0.4) is 0 Å². The maximum Gasteiger partial charge on any atom is 0.123 e. The van der Waals surface area contributed by atoms with Gasteiger partial charge in [0.2, 0.25) is 0 Å². The highest BCUT2D eigenvalue weighted by molar-refractivity contribution is 5.48. The Morgan fingerprint density at radius 1 is 1.50 bits per heavy atom. The maximum atomic E-state index is 12.9. The second kappa shape index (κ2) is 3.58. The molecule has 1 unspecified atom stereocenters. The van der Waals surface area contributed by atoms with Gasteiger partial charge >= 0.3 is 0 Å². The molecule has 0 aromatic heterocycles. The molecule has 1 atom stereocenters. The summed E-state index contributed by atoms with van der Waals surface area (Å²) in [6.45, 7) is 0. The summed E-state index contributed by atoms with van der Waals surface area (Å²) in [5, 5.41) is 9.79. The Morgan fingerprint density at radius 2 is 2.21 bits per heavy atom. The highest BCUT2D eigenvalue weighted by Crippen LogP contribution is 2.38. The van der Waals surface area contributed by atoms with E-state index < -0.39 is 6.10 Å². The topological polar surface area (TPSA) is 46.2 Å². The molecule has 0 radical (unpaired) electrons. The lowest BCUT2D eigenvalue weighted by molar-refractivity contribution is 0.160. The summed E-state index contributed by atoms with van der Waals surface area (Å²) in [7, 11) is 0. The van der Waals surface area contributed by atoms with Crippen molar-refractivity contribution < 1.29 is 9.50 Å². The van der Waals surface area contributed by atoms with Crippen molar-refractivity contribution in [1.29, 1.82) is 0 Å². The second-order valence-corrected chi connectivity index (χ2v) is 3.97. The number of aliphatic hydroxyl groups is 1. The van der Waals surface area contributed by atoms with E-state index in [9.17, 15) is 9.50 Å². The van der Waals surface area contributed by atoms with E-state index in [4.69, 9.17) is 5.73 Å². The van der Waals surface area contributed by atoms with Crippen molar-refractivity contribution in [2.75, 3.05) is 5.73 Å². The normalized spacial score (nSPS) is 18.1. The molecule has 1 aromatic rings. The van der Waals surface area contributed by atoms with Gasteiger partial charge in [0, 0.05) is 11.3 Å². The Bertz CT molecular complexity index is 336. The summed E-state index contributed by atoms with van der Waals surface area (Å²) in [4.78, 5) is 0. The fraction of sp³-hybridized carbons (Fsp3) is 0.455. The molecule has 0 spiro atoms. The number of rotatable bonds is 3. The van der Waals surface area contributed by atoms with Crippen molar-refractivity contribution in [1.82, 2.24) is 0 Å². The fourth-order valence-corrected chi connectivity index (χ4v) is 1.63. The Kier molecular flexibility index (Phi) is 2.42. The number of nitrogen functional groups attached to an aromatic ring is 1. The molecule has 3 heteroatoms. The van der Waals surface area contributed by atoms with Crippen molar-refractivity contribution in [3.05, 3.63) is 29.6 Å². The lowest BCUT2D eigenvalue weighted by Gasteiger charge is -2.12. The SMILES string of the molecule is Nc1ccc(F)cc1C(O)CC1CC1. The summed E-state index contributed by atoms with van der Waals surface area (Å²) < 4.78 is 12.9. The third kappa shape index (κ3) is 2.04. The number of halogens is 1. The number of hydrogen-bond acceptors (Lipinski definition) is 2. The Hall–Kier alpha value is -1.09. The van der Waals surface area contributed by atoms with E-state index in [-0.39, 0.29) is 5.82 Å². The molecule has 0 saturated heterocycles. The van der Waals surface area contributed by atoms with Crippen LogP contribution in [0.1, 0.15) is 30.9 Å². The van der Waals surface area contributed by atoms with Crippen LogP contribution in [-0.4, -0.2) is 5.11 Å². The van der Waals surface area contributed by atoms with E-state index in [0.717, 1.165) is 0 Å². The lowest BCUT2D eigenvalue weighted by atomic mass is 10.0. The first kappa shape index (κ1) is 9.46. The molecule has 1 fully saturated rings. The average Bonchev–Trinajstić information content (AvgIpc) is 2.93. The van der Waals surface area contributed by atoms with E-state index in [0.29, 0.717) is 23.6 Å². The summed E-state index contributed by atoms with van der Waals surface area (Å²) >= 11 is 0. The lowest BCUT2D eigenvalue weighted by Crippen LogP contribution is -2.03. The molecule has 14 heavy (non-hydrogen) atoms. The highest BCUT2D eigenvalue weighted by Gasteiger charge is 2.26. The molecule has 1 saturated carbocycles. The molecule has 0 aliphatic heterocycles. The predicted octanol–water partition coefficient (Wildman–Crippen LogP) is 2.24. The first-order chi connectivity index (χ1) is 6.66. The molecule has 2 nitrogen and oxygen atoms in total. The number of aliphatic hydroxyl groups excluding tert-OH is 1.